The Morgan fingerprint density at radius 1 is 1.48 bits per heavy atom. The Kier molecular flexibility index (Phi) is 5.81. The summed E-state index contributed by atoms with van der Waals surface area (Å²) in [7, 11) is -2.86. The van der Waals surface area contributed by atoms with E-state index in [1.54, 1.807) is 13.0 Å². The SMILES string of the molecule is CCN(CCC(=O)OC)S(=O)(=O)c1cccc(F)c1C#N. The minimum atomic E-state index is -4.06. The lowest BCUT2D eigenvalue weighted by Gasteiger charge is -2.20. The first-order valence-corrected chi connectivity index (χ1v) is 7.58. The molecule has 0 unspecified atom stereocenters. The van der Waals surface area contributed by atoms with E-state index in [2.05, 4.69) is 4.74 Å². The van der Waals surface area contributed by atoms with Crippen molar-refractivity contribution in [3.63, 3.8) is 0 Å². The minimum absolute atomic E-state index is 0.0840. The molecule has 0 spiro atoms. The predicted octanol–water partition coefficient (Wildman–Crippen LogP) is 1.27. The highest BCUT2D eigenvalue weighted by Crippen LogP contribution is 2.22. The van der Waals surface area contributed by atoms with E-state index in [4.69, 9.17) is 5.26 Å². The lowest BCUT2D eigenvalue weighted by atomic mass is 10.2. The first kappa shape index (κ1) is 17.1. The van der Waals surface area contributed by atoms with Crippen LogP contribution in [0.25, 0.3) is 0 Å². The van der Waals surface area contributed by atoms with Gasteiger partial charge in [0.05, 0.1) is 13.5 Å². The summed E-state index contributed by atoms with van der Waals surface area (Å²) in [4.78, 5) is 10.7. The number of sulfonamides is 1. The topological polar surface area (TPSA) is 87.5 Å². The summed E-state index contributed by atoms with van der Waals surface area (Å²) in [5.74, 6) is -1.45. The molecule has 0 N–H and O–H groups in total. The second-order valence-electron chi connectivity index (χ2n) is 4.05. The van der Waals surface area contributed by atoms with Crippen molar-refractivity contribution in [1.29, 1.82) is 5.26 Å². The molecule has 8 heteroatoms. The minimum Gasteiger partial charge on any atom is -0.469 e. The molecule has 0 fully saturated rings. The van der Waals surface area contributed by atoms with E-state index in [0.29, 0.717) is 0 Å². The summed E-state index contributed by atoms with van der Waals surface area (Å²) >= 11 is 0. The normalized spacial score (nSPS) is 11.2. The quantitative estimate of drug-likeness (QED) is 0.738. The average Bonchev–Trinajstić information content (AvgIpc) is 2.46. The highest BCUT2D eigenvalue weighted by atomic mass is 32.2. The molecule has 0 aromatic heterocycles. The summed E-state index contributed by atoms with van der Waals surface area (Å²) < 4.78 is 43.9. The van der Waals surface area contributed by atoms with Gasteiger partial charge < -0.3 is 4.74 Å². The van der Waals surface area contributed by atoms with Crippen LogP contribution >= 0.6 is 0 Å². The molecular weight excluding hydrogens is 299 g/mol. The van der Waals surface area contributed by atoms with Crippen molar-refractivity contribution in [1.82, 2.24) is 4.31 Å². The molecule has 0 saturated heterocycles. The fourth-order valence-corrected chi connectivity index (χ4v) is 3.33. The molecule has 0 amide bonds. The molecule has 0 aliphatic carbocycles. The molecule has 114 valence electrons. The van der Waals surface area contributed by atoms with E-state index in [1.807, 2.05) is 0 Å². The summed E-state index contributed by atoms with van der Waals surface area (Å²) in [6.07, 6.45) is -0.124. The van der Waals surface area contributed by atoms with E-state index in [0.717, 1.165) is 16.4 Å². The maximum absolute atomic E-state index is 13.5. The predicted molar refractivity (Wildman–Crippen MR) is 72.2 cm³/mol. The highest BCUT2D eigenvalue weighted by Gasteiger charge is 2.27. The number of hydrogen-bond donors (Lipinski definition) is 0. The van der Waals surface area contributed by atoms with Gasteiger partial charge in [0.1, 0.15) is 22.3 Å². The first-order valence-electron chi connectivity index (χ1n) is 6.14. The fraction of sp³-hybridized carbons (Fsp3) is 0.385. The van der Waals surface area contributed by atoms with Crippen LogP contribution in [0.3, 0.4) is 0 Å². The van der Waals surface area contributed by atoms with Crippen LogP contribution in [-0.2, 0) is 19.6 Å². The van der Waals surface area contributed by atoms with Gasteiger partial charge in [-0.3, -0.25) is 4.79 Å². The van der Waals surface area contributed by atoms with Crippen LogP contribution in [0, 0.1) is 17.1 Å². The summed E-state index contributed by atoms with van der Waals surface area (Å²) in [5.41, 5.74) is -0.533. The molecule has 0 aliphatic rings. The van der Waals surface area contributed by atoms with Gasteiger partial charge in [0.2, 0.25) is 10.0 Å². The van der Waals surface area contributed by atoms with Crippen molar-refractivity contribution in [2.24, 2.45) is 0 Å². The van der Waals surface area contributed by atoms with E-state index in [-0.39, 0.29) is 19.5 Å². The lowest BCUT2D eigenvalue weighted by molar-refractivity contribution is -0.140. The molecular formula is C13H15FN2O4S. The van der Waals surface area contributed by atoms with Crippen LogP contribution in [0.5, 0.6) is 0 Å². The van der Waals surface area contributed by atoms with Crippen LogP contribution in [0.15, 0.2) is 23.1 Å². The Morgan fingerprint density at radius 2 is 2.14 bits per heavy atom. The maximum atomic E-state index is 13.5. The molecule has 1 aromatic rings. The zero-order chi connectivity index (χ0) is 16.0. The molecule has 1 rings (SSSR count). The number of carbonyl (C=O) groups is 1. The van der Waals surface area contributed by atoms with Crippen molar-refractivity contribution >= 4 is 16.0 Å². The van der Waals surface area contributed by atoms with Gasteiger partial charge in [0, 0.05) is 13.1 Å². The number of carbonyl (C=O) groups excluding carboxylic acids is 1. The number of rotatable bonds is 6. The number of ether oxygens (including phenoxy) is 1. The second kappa shape index (κ2) is 7.15. The zero-order valence-corrected chi connectivity index (χ0v) is 12.5. The van der Waals surface area contributed by atoms with Gasteiger partial charge in [-0.05, 0) is 12.1 Å². The monoisotopic (exact) mass is 314 g/mol. The third-order valence-electron chi connectivity index (χ3n) is 2.85. The van der Waals surface area contributed by atoms with Crippen LogP contribution in [0.1, 0.15) is 18.9 Å². The Hall–Kier alpha value is -1.98. The molecule has 21 heavy (non-hydrogen) atoms. The van der Waals surface area contributed by atoms with Crippen LogP contribution < -0.4 is 0 Å². The fourth-order valence-electron chi connectivity index (χ4n) is 1.73. The van der Waals surface area contributed by atoms with Crippen molar-refractivity contribution in [3.05, 3.63) is 29.6 Å². The summed E-state index contributed by atoms with van der Waals surface area (Å²) in [6, 6.07) is 4.95. The largest absolute Gasteiger partial charge is 0.469 e. The van der Waals surface area contributed by atoms with Gasteiger partial charge in [-0.15, -0.1) is 0 Å². The number of methoxy groups -OCH3 is 1. The Bertz CT molecular complexity index is 667. The number of esters is 1. The summed E-state index contributed by atoms with van der Waals surface area (Å²) in [5, 5.41) is 8.93. The van der Waals surface area contributed by atoms with Gasteiger partial charge >= 0.3 is 5.97 Å². The molecule has 0 heterocycles. The van der Waals surface area contributed by atoms with Crippen molar-refractivity contribution in [2.45, 2.75) is 18.2 Å². The van der Waals surface area contributed by atoms with Gasteiger partial charge in [-0.2, -0.15) is 9.57 Å². The number of nitriles is 1. The lowest BCUT2D eigenvalue weighted by Crippen LogP contribution is -2.33. The van der Waals surface area contributed by atoms with Gasteiger partial charge in [0.15, 0.2) is 0 Å². The molecule has 0 saturated carbocycles. The molecule has 0 atom stereocenters. The third kappa shape index (κ3) is 3.77. The molecule has 6 nitrogen and oxygen atoms in total. The van der Waals surface area contributed by atoms with Crippen molar-refractivity contribution in [3.8, 4) is 6.07 Å². The van der Waals surface area contributed by atoms with E-state index in [1.165, 1.54) is 13.2 Å². The first-order chi connectivity index (χ1) is 9.88. The number of halogens is 1. The van der Waals surface area contributed by atoms with E-state index in [9.17, 15) is 17.6 Å². The molecule has 1 aromatic carbocycles. The Balaban J connectivity index is 3.17. The third-order valence-corrected chi connectivity index (χ3v) is 4.87. The molecule has 0 radical (unpaired) electrons. The number of nitrogens with zero attached hydrogens (tertiary/aromatic N) is 2. The standard InChI is InChI=1S/C13H15FN2O4S/c1-3-16(8-7-13(17)20-2)21(18,19)12-6-4-5-11(14)10(12)9-15/h4-6H,3,7-8H2,1-2H3. The summed E-state index contributed by atoms with van der Waals surface area (Å²) in [6.45, 7) is 1.56. The van der Waals surface area contributed by atoms with Crippen LogP contribution in [0.2, 0.25) is 0 Å². The van der Waals surface area contributed by atoms with Crippen molar-refractivity contribution in [2.75, 3.05) is 20.2 Å². The molecule has 0 bridgehead atoms. The van der Waals surface area contributed by atoms with E-state index >= 15 is 0 Å². The van der Waals surface area contributed by atoms with Gasteiger partial charge in [-0.1, -0.05) is 13.0 Å². The highest BCUT2D eigenvalue weighted by molar-refractivity contribution is 7.89. The van der Waals surface area contributed by atoms with Crippen LogP contribution in [-0.4, -0.2) is 38.9 Å². The Morgan fingerprint density at radius 3 is 2.67 bits per heavy atom. The van der Waals surface area contributed by atoms with Gasteiger partial charge in [0.25, 0.3) is 0 Å². The number of benzene rings is 1. The van der Waals surface area contributed by atoms with Crippen LogP contribution in [0.4, 0.5) is 4.39 Å². The van der Waals surface area contributed by atoms with Gasteiger partial charge in [-0.25, -0.2) is 12.8 Å². The Labute approximate surface area is 122 Å². The maximum Gasteiger partial charge on any atom is 0.306 e. The molecule has 0 aliphatic heterocycles. The van der Waals surface area contributed by atoms with Crippen molar-refractivity contribution < 1.29 is 22.3 Å². The van der Waals surface area contributed by atoms with E-state index < -0.39 is 32.3 Å². The average molecular weight is 314 g/mol. The zero-order valence-electron chi connectivity index (χ0n) is 11.7. The smallest absolute Gasteiger partial charge is 0.306 e. The number of hydrogen-bond acceptors (Lipinski definition) is 5. The second-order valence-corrected chi connectivity index (χ2v) is 5.95.